The number of para-hydroxylation sites is 5. The van der Waals surface area contributed by atoms with E-state index in [1.165, 1.54) is 32.3 Å². The Kier molecular flexibility index (Phi) is 8.33. The fraction of sp³-hybridized carbons (Fsp3) is 0.0333. The molecule has 0 aliphatic carbocycles. The van der Waals surface area contributed by atoms with E-state index >= 15 is 0 Å². The summed E-state index contributed by atoms with van der Waals surface area (Å²) in [6.07, 6.45) is 0. The largest absolute Gasteiger partial charge is 0.456 e. The quantitative estimate of drug-likeness (QED) is 0.150. The zero-order chi connectivity index (χ0) is 43.2. The molecule has 0 saturated heterocycles. The van der Waals surface area contributed by atoms with Gasteiger partial charge in [-0.25, -0.2) is 0 Å². The zero-order valence-electron chi connectivity index (χ0n) is 36.0. The molecule has 0 unspecified atom stereocenters. The van der Waals surface area contributed by atoms with Crippen LogP contribution in [0.3, 0.4) is 0 Å². The third kappa shape index (κ3) is 5.76. The number of nitrogens with zero attached hydrogens (tertiary/aromatic N) is 2. The maximum Gasteiger partial charge on any atom is 0.159 e. The van der Waals surface area contributed by atoms with E-state index < -0.39 is 8.07 Å². The first-order chi connectivity index (χ1) is 32.0. The van der Waals surface area contributed by atoms with Gasteiger partial charge in [-0.3, -0.25) is 0 Å². The van der Waals surface area contributed by atoms with Gasteiger partial charge < -0.3 is 18.6 Å². The smallest absolute Gasteiger partial charge is 0.159 e. The van der Waals surface area contributed by atoms with Crippen molar-refractivity contribution in [3.05, 3.63) is 218 Å². The molecule has 0 N–H and O–H groups in total. The molecule has 0 bridgehead atoms. The van der Waals surface area contributed by atoms with Crippen LogP contribution in [0, 0.1) is 0 Å². The van der Waals surface area contributed by atoms with Crippen molar-refractivity contribution < 1.29 is 8.83 Å². The van der Waals surface area contributed by atoms with Gasteiger partial charge in [-0.15, -0.1) is 0 Å². The van der Waals surface area contributed by atoms with Gasteiger partial charge in [0.15, 0.2) is 5.58 Å². The van der Waals surface area contributed by atoms with Crippen LogP contribution in [0.25, 0.3) is 76.9 Å². The molecule has 4 nitrogen and oxygen atoms in total. The van der Waals surface area contributed by atoms with Crippen molar-refractivity contribution in [2.45, 2.75) is 13.1 Å². The second kappa shape index (κ2) is 14.5. The summed E-state index contributed by atoms with van der Waals surface area (Å²) in [6, 6.07) is 78.9. The van der Waals surface area contributed by atoms with Gasteiger partial charge in [-0.1, -0.05) is 159 Å². The van der Waals surface area contributed by atoms with Gasteiger partial charge >= 0.3 is 0 Å². The molecule has 12 aromatic rings. The number of anilines is 6. The van der Waals surface area contributed by atoms with Gasteiger partial charge in [0.25, 0.3) is 0 Å². The standard InChI is InChI=1S/C60H42N2O2Si/c1-65(2)57-30-16-25-49-52(61(40-19-7-4-8-20-40)41-32-36-56-50(37-41)45-23-11-13-28-54(45)63-56)35-34-47(59(49)57)46-33-31-42(38-58(46)65)62(51-26-12-9-21-43(51)39-17-5-3-6-18-39)53-27-15-24-48-44-22-10-14-29-55(44)64-60(48)53/h3-38H,1-2H3. The highest BCUT2D eigenvalue weighted by atomic mass is 28.3. The van der Waals surface area contributed by atoms with Gasteiger partial charge in [0.2, 0.25) is 0 Å². The number of furan rings is 2. The molecule has 308 valence electrons. The van der Waals surface area contributed by atoms with Crippen molar-refractivity contribution in [3.63, 3.8) is 0 Å². The lowest BCUT2D eigenvalue weighted by Gasteiger charge is -2.36. The maximum absolute atomic E-state index is 6.78. The molecule has 0 saturated carbocycles. The third-order valence-electron chi connectivity index (χ3n) is 13.6. The summed E-state index contributed by atoms with van der Waals surface area (Å²) < 4.78 is 13.1. The van der Waals surface area contributed by atoms with E-state index in [4.69, 9.17) is 8.83 Å². The van der Waals surface area contributed by atoms with E-state index in [1.54, 1.807) is 0 Å². The highest BCUT2D eigenvalue weighted by molar-refractivity contribution is 7.03. The Balaban J connectivity index is 1.02. The van der Waals surface area contributed by atoms with E-state index in [1.807, 2.05) is 18.2 Å². The topological polar surface area (TPSA) is 32.8 Å². The van der Waals surface area contributed by atoms with Crippen LogP contribution in [0.15, 0.2) is 227 Å². The van der Waals surface area contributed by atoms with Gasteiger partial charge in [0.1, 0.15) is 24.8 Å². The van der Waals surface area contributed by atoms with Crippen LogP contribution in [0.2, 0.25) is 13.1 Å². The number of rotatable bonds is 7. The van der Waals surface area contributed by atoms with Crippen LogP contribution in [0.1, 0.15) is 0 Å². The summed E-state index contributed by atoms with van der Waals surface area (Å²) in [5, 5.41) is 9.89. The molecular weight excluding hydrogens is 809 g/mol. The molecule has 0 spiro atoms. The summed E-state index contributed by atoms with van der Waals surface area (Å²) >= 11 is 0. The first kappa shape index (κ1) is 37.4. The summed E-state index contributed by atoms with van der Waals surface area (Å²) in [5.74, 6) is 0. The predicted octanol–water partition coefficient (Wildman–Crippen LogP) is 16.0. The van der Waals surface area contributed by atoms with Crippen molar-refractivity contribution in [1.82, 2.24) is 0 Å². The second-order valence-electron chi connectivity index (χ2n) is 17.6. The van der Waals surface area contributed by atoms with E-state index in [2.05, 4.69) is 223 Å². The molecule has 5 heteroatoms. The van der Waals surface area contributed by atoms with Crippen LogP contribution < -0.4 is 20.2 Å². The molecule has 10 aromatic carbocycles. The summed E-state index contributed by atoms with van der Waals surface area (Å²) in [6.45, 7) is 5.05. The Hall–Kier alpha value is -8.12. The fourth-order valence-corrected chi connectivity index (χ4v) is 13.7. The summed E-state index contributed by atoms with van der Waals surface area (Å²) in [7, 11) is -2.35. The van der Waals surface area contributed by atoms with E-state index in [0.29, 0.717) is 0 Å². The molecule has 2 aromatic heterocycles. The first-order valence-corrected chi connectivity index (χ1v) is 25.3. The average Bonchev–Trinajstić information content (AvgIpc) is 3.93. The molecule has 1 aliphatic heterocycles. The molecule has 65 heavy (non-hydrogen) atoms. The predicted molar refractivity (Wildman–Crippen MR) is 275 cm³/mol. The van der Waals surface area contributed by atoms with E-state index in [-0.39, 0.29) is 0 Å². The molecule has 0 radical (unpaired) electrons. The third-order valence-corrected chi connectivity index (χ3v) is 17.2. The lowest BCUT2D eigenvalue weighted by Crippen LogP contribution is -2.56. The van der Waals surface area contributed by atoms with Crippen molar-refractivity contribution in [2.24, 2.45) is 0 Å². The van der Waals surface area contributed by atoms with Gasteiger partial charge in [-0.05, 0) is 105 Å². The maximum atomic E-state index is 6.78. The van der Waals surface area contributed by atoms with Crippen molar-refractivity contribution in [2.75, 3.05) is 9.80 Å². The summed E-state index contributed by atoms with van der Waals surface area (Å²) in [4.78, 5) is 4.84. The van der Waals surface area contributed by atoms with Gasteiger partial charge in [-0.2, -0.15) is 0 Å². The Morgan fingerprint density at radius 1 is 0.338 bits per heavy atom. The monoisotopic (exact) mass is 850 g/mol. The number of fused-ring (bicyclic) bond motifs is 8. The van der Waals surface area contributed by atoms with Crippen LogP contribution >= 0.6 is 0 Å². The highest BCUT2D eigenvalue weighted by Crippen LogP contribution is 2.48. The van der Waals surface area contributed by atoms with Crippen molar-refractivity contribution >= 4 is 107 Å². The molecular formula is C60H42N2O2Si. The molecule has 0 fully saturated rings. The van der Waals surface area contributed by atoms with Crippen molar-refractivity contribution in [1.29, 1.82) is 0 Å². The summed E-state index contributed by atoms with van der Waals surface area (Å²) in [5.41, 5.74) is 15.0. The molecule has 3 heterocycles. The minimum Gasteiger partial charge on any atom is -0.456 e. The molecule has 0 amide bonds. The lowest BCUT2D eigenvalue weighted by molar-refractivity contribution is 0.668. The lowest BCUT2D eigenvalue weighted by atomic mass is 9.94. The Labute approximate surface area is 377 Å². The Bertz CT molecular complexity index is 3830. The zero-order valence-corrected chi connectivity index (χ0v) is 37.0. The van der Waals surface area contributed by atoms with E-state index in [0.717, 1.165) is 89.1 Å². The number of benzene rings is 10. The molecule has 1 aliphatic rings. The highest BCUT2D eigenvalue weighted by Gasteiger charge is 2.37. The normalized spacial score (nSPS) is 12.9. The van der Waals surface area contributed by atoms with Gasteiger partial charge in [0.05, 0.1) is 17.1 Å². The second-order valence-corrected chi connectivity index (χ2v) is 22.0. The van der Waals surface area contributed by atoms with Crippen molar-refractivity contribution in [3.8, 4) is 22.3 Å². The van der Waals surface area contributed by atoms with Gasteiger partial charge in [0, 0.05) is 49.6 Å². The minimum atomic E-state index is -2.35. The number of hydrogen-bond donors (Lipinski definition) is 0. The van der Waals surface area contributed by atoms with Crippen LogP contribution in [-0.2, 0) is 0 Å². The minimum absolute atomic E-state index is 0.872. The van der Waals surface area contributed by atoms with Crippen LogP contribution in [0.5, 0.6) is 0 Å². The Morgan fingerprint density at radius 3 is 1.77 bits per heavy atom. The van der Waals surface area contributed by atoms with Crippen LogP contribution in [0.4, 0.5) is 34.1 Å². The fourth-order valence-electron chi connectivity index (χ4n) is 10.6. The molecule has 0 atom stereocenters. The van der Waals surface area contributed by atoms with Crippen LogP contribution in [-0.4, -0.2) is 8.07 Å². The first-order valence-electron chi connectivity index (χ1n) is 22.3. The van der Waals surface area contributed by atoms with E-state index in [9.17, 15) is 0 Å². The number of hydrogen-bond acceptors (Lipinski definition) is 4. The molecule has 13 rings (SSSR count). The SMILES string of the molecule is C[Si]1(C)c2cc(N(c3ccccc3-c3ccccc3)c3cccc4c3oc3ccccc34)ccc2-c2ccc(N(c3ccccc3)c3ccc4oc5ccccc5c4c3)c3cccc1c23. The average molecular weight is 851 g/mol. The Morgan fingerprint density at radius 2 is 0.938 bits per heavy atom.